The van der Waals surface area contributed by atoms with Crippen molar-refractivity contribution in [3.05, 3.63) is 35.6 Å². The van der Waals surface area contributed by atoms with Gasteiger partial charge in [0.15, 0.2) is 0 Å². The highest BCUT2D eigenvalue weighted by Gasteiger charge is 2.37. The summed E-state index contributed by atoms with van der Waals surface area (Å²) in [6, 6.07) is 7.30. The van der Waals surface area contributed by atoms with E-state index in [1.165, 1.54) is 38.2 Å². The molecule has 1 saturated heterocycles. The van der Waals surface area contributed by atoms with Crippen LogP contribution in [0.1, 0.15) is 50.5 Å². The van der Waals surface area contributed by atoms with Gasteiger partial charge in [-0.1, -0.05) is 31.4 Å². The Morgan fingerprint density at radius 2 is 2.00 bits per heavy atom. The number of benzene rings is 1. The fourth-order valence-electron chi connectivity index (χ4n) is 4.34. The second-order valence-corrected chi connectivity index (χ2v) is 7.05. The van der Waals surface area contributed by atoms with E-state index in [4.69, 9.17) is 0 Å². The summed E-state index contributed by atoms with van der Waals surface area (Å²) >= 11 is 0. The van der Waals surface area contributed by atoms with Crippen LogP contribution < -0.4 is 0 Å². The molecule has 1 saturated carbocycles. The van der Waals surface area contributed by atoms with Crippen LogP contribution >= 0.6 is 0 Å². The topological polar surface area (TPSA) is 20.3 Å². The van der Waals surface area contributed by atoms with Crippen molar-refractivity contribution in [2.75, 3.05) is 13.1 Å². The van der Waals surface area contributed by atoms with Crippen LogP contribution in [0.4, 0.5) is 4.39 Å². The molecule has 3 rings (SSSR count). The van der Waals surface area contributed by atoms with Gasteiger partial charge < -0.3 is 4.79 Å². The van der Waals surface area contributed by atoms with Gasteiger partial charge in [-0.25, -0.2) is 4.39 Å². The largest absolute Gasteiger partial charge is 0.303 e. The molecule has 0 radical (unpaired) electrons. The zero-order valence-corrected chi connectivity index (χ0v) is 13.4. The van der Waals surface area contributed by atoms with Crippen LogP contribution in [0.3, 0.4) is 0 Å². The normalized spacial score (nSPS) is 28.6. The maximum Gasteiger partial charge on any atom is 0.125 e. The zero-order valence-electron chi connectivity index (χ0n) is 13.4. The van der Waals surface area contributed by atoms with Crippen molar-refractivity contribution in [3.63, 3.8) is 0 Å². The second-order valence-electron chi connectivity index (χ2n) is 7.05. The summed E-state index contributed by atoms with van der Waals surface area (Å²) in [6.45, 7) is 4.01. The number of carbonyl (C=O) groups excluding carboxylic acids is 1. The van der Waals surface area contributed by atoms with Crippen LogP contribution in [0, 0.1) is 17.7 Å². The summed E-state index contributed by atoms with van der Waals surface area (Å²) in [5.41, 5.74) is 0.968. The van der Waals surface area contributed by atoms with E-state index in [0.717, 1.165) is 30.9 Å². The first kappa shape index (κ1) is 15.7. The first-order chi connectivity index (χ1) is 10.7. The lowest BCUT2D eigenvalue weighted by Gasteiger charge is -2.34. The lowest BCUT2D eigenvalue weighted by atomic mass is 9.84. The highest BCUT2D eigenvalue weighted by Crippen LogP contribution is 2.36. The molecule has 0 N–H and O–H groups in total. The van der Waals surface area contributed by atoms with Crippen molar-refractivity contribution in [2.45, 2.75) is 51.0 Å². The Bertz CT molecular complexity index is 512. The Morgan fingerprint density at radius 3 is 2.68 bits per heavy atom. The third-order valence-electron chi connectivity index (χ3n) is 5.75. The number of hydrogen-bond donors (Lipinski definition) is 0. The van der Waals surface area contributed by atoms with E-state index in [-0.39, 0.29) is 17.7 Å². The fourth-order valence-corrected chi connectivity index (χ4v) is 4.34. The predicted octanol–water partition coefficient (Wildman–Crippen LogP) is 4.01. The third-order valence-corrected chi connectivity index (χ3v) is 5.75. The van der Waals surface area contributed by atoms with E-state index >= 15 is 0 Å². The summed E-state index contributed by atoms with van der Waals surface area (Å²) < 4.78 is 13.5. The van der Waals surface area contributed by atoms with Crippen LogP contribution in [0.2, 0.25) is 0 Å². The van der Waals surface area contributed by atoms with Crippen LogP contribution in [-0.4, -0.2) is 30.3 Å². The smallest absolute Gasteiger partial charge is 0.125 e. The highest BCUT2D eigenvalue weighted by atomic mass is 19.1. The van der Waals surface area contributed by atoms with Gasteiger partial charge in [0, 0.05) is 31.0 Å². The average Bonchev–Trinajstić information content (AvgIpc) is 2.99. The lowest BCUT2D eigenvalue weighted by Crippen LogP contribution is -2.38. The van der Waals surface area contributed by atoms with Gasteiger partial charge >= 0.3 is 0 Å². The first-order valence-corrected chi connectivity index (χ1v) is 8.64. The SMILES string of the molecule is C[C@@H](C1CCCCC1)N1C[C@H](c2cccc(F)c2)[C@@H](C=O)C1. The van der Waals surface area contributed by atoms with Gasteiger partial charge in [0.1, 0.15) is 12.1 Å². The van der Waals surface area contributed by atoms with Crippen molar-refractivity contribution in [2.24, 2.45) is 11.8 Å². The van der Waals surface area contributed by atoms with Crippen molar-refractivity contribution in [1.29, 1.82) is 0 Å². The number of halogens is 1. The Balaban J connectivity index is 1.72. The Hall–Kier alpha value is -1.22. The molecule has 3 atom stereocenters. The number of nitrogens with zero attached hydrogens (tertiary/aromatic N) is 1. The molecule has 1 aliphatic heterocycles. The van der Waals surface area contributed by atoms with Crippen molar-refractivity contribution in [3.8, 4) is 0 Å². The average molecular weight is 303 g/mol. The number of hydrogen-bond acceptors (Lipinski definition) is 2. The Kier molecular flexibility index (Phi) is 4.92. The minimum Gasteiger partial charge on any atom is -0.303 e. The Morgan fingerprint density at radius 1 is 1.23 bits per heavy atom. The Labute approximate surface area is 132 Å². The molecular formula is C19H26FNO. The maximum absolute atomic E-state index is 13.5. The third kappa shape index (κ3) is 3.24. The number of rotatable bonds is 4. The molecule has 2 fully saturated rings. The molecule has 1 aliphatic carbocycles. The quantitative estimate of drug-likeness (QED) is 0.783. The van der Waals surface area contributed by atoms with E-state index < -0.39 is 0 Å². The molecule has 0 unspecified atom stereocenters. The number of likely N-dealkylation sites (tertiary alicyclic amines) is 1. The molecule has 0 amide bonds. The molecule has 2 aliphatic rings. The van der Waals surface area contributed by atoms with Crippen LogP contribution in [0.5, 0.6) is 0 Å². The van der Waals surface area contributed by atoms with E-state index in [1.54, 1.807) is 12.1 Å². The standard InChI is InChI=1S/C19H26FNO/c1-14(15-6-3-2-4-7-15)21-11-17(13-22)19(12-21)16-8-5-9-18(20)10-16/h5,8-10,13-15,17,19H,2-4,6-7,11-12H2,1H3/t14-,17+,19+/m0/s1. The molecule has 120 valence electrons. The molecule has 1 heterocycles. The van der Waals surface area contributed by atoms with Gasteiger partial charge in [-0.3, -0.25) is 4.90 Å². The summed E-state index contributed by atoms with van der Waals surface area (Å²) in [6.07, 6.45) is 7.75. The predicted molar refractivity (Wildman–Crippen MR) is 86.3 cm³/mol. The minimum atomic E-state index is -0.207. The zero-order chi connectivity index (χ0) is 15.5. The van der Waals surface area contributed by atoms with Crippen LogP contribution in [-0.2, 0) is 4.79 Å². The summed E-state index contributed by atoms with van der Waals surface area (Å²) in [5, 5.41) is 0. The van der Waals surface area contributed by atoms with E-state index in [2.05, 4.69) is 11.8 Å². The van der Waals surface area contributed by atoms with Gasteiger partial charge in [0.2, 0.25) is 0 Å². The molecule has 1 aromatic rings. The van der Waals surface area contributed by atoms with E-state index in [0.29, 0.717) is 6.04 Å². The molecule has 0 aromatic heterocycles. The monoisotopic (exact) mass is 303 g/mol. The molecular weight excluding hydrogens is 277 g/mol. The molecule has 0 spiro atoms. The van der Waals surface area contributed by atoms with E-state index in [9.17, 15) is 9.18 Å². The fraction of sp³-hybridized carbons (Fsp3) is 0.632. The second kappa shape index (κ2) is 6.91. The van der Waals surface area contributed by atoms with Gasteiger partial charge in [-0.2, -0.15) is 0 Å². The molecule has 22 heavy (non-hydrogen) atoms. The minimum absolute atomic E-state index is 0.00663. The van der Waals surface area contributed by atoms with Gasteiger partial charge in [-0.05, 0) is 43.4 Å². The summed E-state index contributed by atoms with van der Waals surface area (Å²) in [5.74, 6) is 0.681. The van der Waals surface area contributed by atoms with Crippen molar-refractivity contribution >= 4 is 6.29 Å². The molecule has 2 nitrogen and oxygen atoms in total. The first-order valence-electron chi connectivity index (χ1n) is 8.64. The van der Waals surface area contributed by atoms with Crippen LogP contribution in [0.15, 0.2) is 24.3 Å². The maximum atomic E-state index is 13.5. The van der Waals surface area contributed by atoms with Crippen molar-refractivity contribution in [1.82, 2.24) is 4.90 Å². The molecule has 1 aromatic carbocycles. The lowest BCUT2D eigenvalue weighted by molar-refractivity contribution is -0.111. The summed E-state index contributed by atoms with van der Waals surface area (Å²) in [7, 11) is 0. The number of carbonyl (C=O) groups is 1. The van der Waals surface area contributed by atoms with Crippen molar-refractivity contribution < 1.29 is 9.18 Å². The molecule has 3 heteroatoms. The molecule has 0 bridgehead atoms. The van der Waals surface area contributed by atoms with Crippen LogP contribution in [0.25, 0.3) is 0 Å². The van der Waals surface area contributed by atoms with Gasteiger partial charge in [-0.15, -0.1) is 0 Å². The summed E-state index contributed by atoms with van der Waals surface area (Å²) in [4.78, 5) is 14.0. The number of aldehydes is 1. The van der Waals surface area contributed by atoms with Gasteiger partial charge in [0.05, 0.1) is 0 Å². The van der Waals surface area contributed by atoms with E-state index in [1.807, 2.05) is 6.07 Å². The highest BCUT2D eigenvalue weighted by molar-refractivity contribution is 5.57. The van der Waals surface area contributed by atoms with Gasteiger partial charge in [0.25, 0.3) is 0 Å².